The molecule has 0 atom stereocenters. The van der Waals surface area contributed by atoms with E-state index in [4.69, 9.17) is 4.74 Å². The third-order valence-electron chi connectivity index (χ3n) is 3.94. The van der Waals surface area contributed by atoms with Crippen LogP contribution in [0.4, 0.5) is 5.69 Å². The van der Waals surface area contributed by atoms with Gasteiger partial charge < -0.3 is 9.64 Å². The van der Waals surface area contributed by atoms with Crippen LogP contribution in [0.2, 0.25) is 0 Å². The van der Waals surface area contributed by atoms with E-state index in [-0.39, 0.29) is 0 Å². The first-order valence-corrected chi connectivity index (χ1v) is 7.38. The van der Waals surface area contributed by atoms with Gasteiger partial charge in [-0.2, -0.15) is 0 Å². The van der Waals surface area contributed by atoms with Gasteiger partial charge in [0, 0.05) is 38.3 Å². The Morgan fingerprint density at radius 1 is 1.10 bits per heavy atom. The van der Waals surface area contributed by atoms with Crippen molar-refractivity contribution in [2.75, 3.05) is 50.8 Å². The molecule has 0 N–H and O–H groups in total. The summed E-state index contributed by atoms with van der Waals surface area (Å²) < 4.78 is 5.35. The fourth-order valence-corrected chi connectivity index (χ4v) is 2.74. The van der Waals surface area contributed by atoms with E-state index >= 15 is 0 Å². The Labute approximate surface area is 120 Å². The lowest BCUT2D eigenvalue weighted by atomic mass is 10.2. The minimum Gasteiger partial charge on any atom is -0.379 e. The maximum Gasteiger partial charge on any atom is 0.155 e. The Morgan fingerprint density at radius 2 is 1.75 bits per heavy atom. The summed E-state index contributed by atoms with van der Waals surface area (Å²) >= 11 is 0. The quantitative estimate of drug-likeness (QED) is 0.830. The van der Waals surface area contributed by atoms with Gasteiger partial charge in [-0.3, -0.25) is 4.90 Å². The molecule has 0 spiro atoms. The molecule has 2 saturated heterocycles. The minimum absolute atomic E-state index is 0.763. The molecule has 5 nitrogen and oxygen atoms in total. The highest BCUT2D eigenvalue weighted by Gasteiger charge is 2.15. The van der Waals surface area contributed by atoms with Gasteiger partial charge in [0.2, 0.25) is 0 Å². The van der Waals surface area contributed by atoms with Crippen molar-refractivity contribution in [2.45, 2.75) is 12.8 Å². The number of morpholine rings is 1. The van der Waals surface area contributed by atoms with Crippen LogP contribution in [0.3, 0.4) is 0 Å². The third-order valence-corrected chi connectivity index (χ3v) is 3.94. The molecule has 2 aliphatic rings. The minimum atomic E-state index is 0.763. The Balaban J connectivity index is 1.59. The average Bonchev–Trinajstić information content (AvgIpc) is 3.03. The fraction of sp³-hybridized carbons (Fsp3) is 0.600. The monoisotopic (exact) mass is 274 g/mol. The zero-order valence-corrected chi connectivity index (χ0v) is 11.9. The van der Waals surface area contributed by atoms with Crippen molar-refractivity contribution in [3.63, 3.8) is 0 Å². The number of rotatable bonds is 4. The topological polar surface area (TPSA) is 41.5 Å². The van der Waals surface area contributed by atoms with Crippen molar-refractivity contribution < 1.29 is 4.74 Å². The van der Waals surface area contributed by atoms with Gasteiger partial charge >= 0.3 is 0 Å². The van der Waals surface area contributed by atoms with E-state index in [1.807, 2.05) is 12.4 Å². The fourth-order valence-electron chi connectivity index (χ4n) is 2.74. The first-order chi connectivity index (χ1) is 9.83. The second kappa shape index (κ2) is 6.33. The van der Waals surface area contributed by atoms with Crippen molar-refractivity contribution in [3.05, 3.63) is 24.8 Å². The first kappa shape index (κ1) is 13.5. The van der Waals surface area contributed by atoms with Crippen LogP contribution in [0.1, 0.15) is 18.7 Å². The lowest BCUT2D eigenvalue weighted by molar-refractivity contribution is 0.0444. The van der Waals surface area contributed by atoms with Gasteiger partial charge in [-0.1, -0.05) is 6.58 Å². The second-order valence-electron chi connectivity index (χ2n) is 5.45. The maximum absolute atomic E-state index is 5.35. The van der Waals surface area contributed by atoms with Gasteiger partial charge in [0.1, 0.15) is 0 Å². The van der Waals surface area contributed by atoms with Gasteiger partial charge in [-0.25, -0.2) is 9.97 Å². The molecule has 108 valence electrons. The number of ether oxygens (including phenoxy) is 1. The lowest BCUT2D eigenvalue weighted by Crippen LogP contribution is -2.37. The molecule has 0 unspecified atom stereocenters. The second-order valence-corrected chi connectivity index (χ2v) is 5.45. The van der Waals surface area contributed by atoms with E-state index in [9.17, 15) is 0 Å². The van der Waals surface area contributed by atoms with Gasteiger partial charge in [0.05, 0.1) is 31.3 Å². The van der Waals surface area contributed by atoms with Crippen molar-refractivity contribution in [1.82, 2.24) is 14.9 Å². The number of hydrogen-bond acceptors (Lipinski definition) is 5. The summed E-state index contributed by atoms with van der Waals surface area (Å²) in [4.78, 5) is 13.6. The molecule has 0 aromatic carbocycles. The standard InChI is InChI=1S/C15H22N4O/c1-13(12-18-6-8-20-9-7-18)15-16-10-14(11-17-15)19-4-2-3-5-19/h10-11H,1-9,12H2. The van der Waals surface area contributed by atoms with Gasteiger partial charge in [0.15, 0.2) is 5.82 Å². The van der Waals surface area contributed by atoms with Crippen LogP contribution in [0.5, 0.6) is 0 Å². The molecule has 1 aromatic heterocycles. The predicted octanol–water partition coefficient (Wildman–Crippen LogP) is 1.42. The van der Waals surface area contributed by atoms with E-state index in [2.05, 4.69) is 26.3 Å². The molecule has 2 aliphatic heterocycles. The molecule has 3 heterocycles. The van der Waals surface area contributed by atoms with Crippen molar-refractivity contribution >= 4 is 11.3 Å². The third kappa shape index (κ3) is 3.16. The summed E-state index contributed by atoms with van der Waals surface area (Å²) in [5.41, 5.74) is 2.12. The van der Waals surface area contributed by atoms with Gasteiger partial charge in [-0.05, 0) is 12.8 Å². The Bertz CT molecular complexity index is 447. The molecule has 0 radical (unpaired) electrons. The van der Waals surface area contributed by atoms with Crippen LogP contribution in [0.15, 0.2) is 19.0 Å². The van der Waals surface area contributed by atoms with E-state index in [1.165, 1.54) is 12.8 Å². The number of hydrogen-bond donors (Lipinski definition) is 0. The number of aromatic nitrogens is 2. The Hall–Kier alpha value is -1.46. The number of nitrogens with zero attached hydrogens (tertiary/aromatic N) is 4. The molecule has 1 aromatic rings. The van der Waals surface area contributed by atoms with E-state index < -0.39 is 0 Å². The highest BCUT2D eigenvalue weighted by atomic mass is 16.5. The summed E-state index contributed by atoms with van der Waals surface area (Å²) in [7, 11) is 0. The normalized spacial score (nSPS) is 20.3. The van der Waals surface area contributed by atoms with Crippen LogP contribution in [0, 0.1) is 0 Å². The van der Waals surface area contributed by atoms with Gasteiger partial charge in [0.25, 0.3) is 0 Å². The molecule has 3 rings (SSSR count). The summed E-state index contributed by atoms with van der Waals surface area (Å²) in [6, 6.07) is 0. The largest absolute Gasteiger partial charge is 0.379 e. The zero-order chi connectivity index (χ0) is 13.8. The predicted molar refractivity (Wildman–Crippen MR) is 79.8 cm³/mol. The molecule has 2 fully saturated rings. The van der Waals surface area contributed by atoms with Crippen LogP contribution in [-0.4, -0.2) is 60.8 Å². The van der Waals surface area contributed by atoms with Crippen molar-refractivity contribution in [2.24, 2.45) is 0 Å². The van der Waals surface area contributed by atoms with E-state index in [0.29, 0.717) is 0 Å². The summed E-state index contributed by atoms with van der Waals surface area (Å²) in [5, 5.41) is 0. The van der Waals surface area contributed by atoms with Gasteiger partial charge in [-0.15, -0.1) is 0 Å². The highest BCUT2D eigenvalue weighted by molar-refractivity contribution is 5.59. The summed E-state index contributed by atoms with van der Waals surface area (Å²) in [6.07, 6.45) is 6.40. The average molecular weight is 274 g/mol. The van der Waals surface area contributed by atoms with Crippen LogP contribution in [-0.2, 0) is 4.74 Å². The summed E-state index contributed by atoms with van der Waals surface area (Å²) in [6.45, 7) is 10.7. The number of anilines is 1. The van der Waals surface area contributed by atoms with Crippen molar-refractivity contribution in [1.29, 1.82) is 0 Å². The maximum atomic E-state index is 5.35. The molecular formula is C15H22N4O. The zero-order valence-electron chi connectivity index (χ0n) is 11.9. The van der Waals surface area contributed by atoms with Crippen LogP contribution < -0.4 is 4.90 Å². The smallest absolute Gasteiger partial charge is 0.155 e. The van der Waals surface area contributed by atoms with E-state index in [0.717, 1.165) is 63.0 Å². The van der Waals surface area contributed by atoms with Crippen LogP contribution in [0.25, 0.3) is 5.57 Å². The Kier molecular flexibility index (Phi) is 4.28. The molecule has 0 bridgehead atoms. The SMILES string of the molecule is C=C(CN1CCOCC1)c1ncc(N2CCCC2)cn1. The van der Waals surface area contributed by atoms with Crippen LogP contribution >= 0.6 is 0 Å². The molecular weight excluding hydrogens is 252 g/mol. The first-order valence-electron chi connectivity index (χ1n) is 7.38. The van der Waals surface area contributed by atoms with E-state index in [1.54, 1.807) is 0 Å². The molecule has 0 aliphatic carbocycles. The molecule has 20 heavy (non-hydrogen) atoms. The summed E-state index contributed by atoms with van der Waals surface area (Å²) in [5.74, 6) is 0.763. The molecule has 0 amide bonds. The van der Waals surface area contributed by atoms with Crippen molar-refractivity contribution in [3.8, 4) is 0 Å². The lowest BCUT2D eigenvalue weighted by Gasteiger charge is -2.26. The molecule has 5 heteroatoms. The molecule has 0 saturated carbocycles. The Morgan fingerprint density at radius 3 is 2.40 bits per heavy atom. The highest BCUT2D eigenvalue weighted by Crippen LogP contribution is 2.19.